The van der Waals surface area contributed by atoms with Crippen LogP contribution in [0.1, 0.15) is 30.6 Å². The van der Waals surface area contributed by atoms with E-state index in [1.165, 1.54) is 30.8 Å². The molecule has 0 aromatic carbocycles. The lowest BCUT2D eigenvalue weighted by Crippen LogP contribution is -2.54. The van der Waals surface area contributed by atoms with Crippen LogP contribution < -0.4 is 5.32 Å². The molecular formula is C21H34N4O2S. The molecule has 28 heavy (non-hydrogen) atoms. The molecule has 3 aliphatic rings. The first-order valence-corrected chi connectivity index (χ1v) is 11.6. The number of hydrogen-bond donors (Lipinski definition) is 1. The Balaban J connectivity index is 1.25. The Morgan fingerprint density at radius 3 is 2.89 bits per heavy atom. The number of rotatable bonds is 5. The van der Waals surface area contributed by atoms with Crippen LogP contribution in [0.15, 0.2) is 22.5 Å². The summed E-state index contributed by atoms with van der Waals surface area (Å²) in [5.74, 6) is 1.70. The van der Waals surface area contributed by atoms with Crippen molar-refractivity contribution in [1.29, 1.82) is 0 Å². The molecular weight excluding hydrogens is 372 g/mol. The molecule has 3 aliphatic heterocycles. The number of ether oxygens (including phenoxy) is 2. The fourth-order valence-corrected chi connectivity index (χ4v) is 5.39. The van der Waals surface area contributed by atoms with Crippen LogP contribution in [0.2, 0.25) is 0 Å². The highest BCUT2D eigenvalue weighted by molar-refractivity contribution is 7.09. The van der Waals surface area contributed by atoms with E-state index in [-0.39, 0.29) is 12.2 Å². The summed E-state index contributed by atoms with van der Waals surface area (Å²) < 4.78 is 11.8. The van der Waals surface area contributed by atoms with E-state index in [0.29, 0.717) is 5.92 Å². The minimum Gasteiger partial charge on any atom is -0.375 e. The van der Waals surface area contributed by atoms with Gasteiger partial charge < -0.3 is 19.7 Å². The molecule has 3 unspecified atom stereocenters. The molecule has 0 radical (unpaired) electrons. The minimum absolute atomic E-state index is 0.172. The van der Waals surface area contributed by atoms with Crippen LogP contribution in [0.25, 0.3) is 0 Å². The smallest absolute Gasteiger partial charge is 0.193 e. The van der Waals surface area contributed by atoms with Gasteiger partial charge in [-0.2, -0.15) is 0 Å². The topological polar surface area (TPSA) is 49.3 Å². The second kappa shape index (κ2) is 10.1. The molecule has 3 saturated heterocycles. The quantitative estimate of drug-likeness (QED) is 0.601. The van der Waals surface area contributed by atoms with E-state index in [1.807, 2.05) is 18.4 Å². The van der Waals surface area contributed by atoms with Crippen LogP contribution in [0.4, 0.5) is 0 Å². The maximum Gasteiger partial charge on any atom is 0.193 e. The van der Waals surface area contributed by atoms with Crippen LogP contribution in [0.3, 0.4) is 0 Å². The monoisotopic (exact) mass is 406 g/mol. The van der Waals surface area contributed by atoms with Gasteiger partial charge in [-0.1, -0.05) is 6.07 Å². The number of morpholine rings is 1. The third kappa shape index (κ3) is 5.26. The Hall–Kier alpha value is -1.15. The largest absolute Gasteiger partial charge is 0.375 e. The van der Waals surface area contributed by atoms with Crippen molar-refractivity contribution < 1.29 is 9.47 Å². The third-order valence-electron chi connectivity index (χ3n) is 6.10. The molecule has 0 saturated carbocycles. The van der Waals surface area contributed by atoms with Gasteiger partial charge in [-0.25, -0.2) is 0 Å². The standard InChI is InChI=1S/C21H34N4O2S/c1-22-21(25-9-11-27-20(16-25)19-7-3-10-26-19)23-13-17-5-2-8-24(14-17)15-18-6-4-12-28-18/h4,6,12,17,19-20H,2-3,5,7-11,13-16H2,1H3,(H,22,23). The summed E-state index contributed by atoms with van der Waals surface area (Å²) in [5.41, 5.74) is 0. The Morgan fingerprint density at radius 1 is 1.18 bits per heavy atom. The number of likely N-dealkylation sites (tertiary alicyclic amines) is 1. The highest BCUT2D eigenvalue weighted by Crippen LogP contribution is 2.22. The predicted molar refractivity (Wildman–Crippen MR) is 114 cm³/mol. The van der Waals surface area contributed by atoms with Crippen molar-refractivity contribution in [2.75, 3.05) is 53.0 Å². The Kier molecular flexibility index (Phi) is 7.23. The van der Waals surface area contributed by atoms with Gasteiger partial charge in [0.25, 0.3) is 0 Å². The summed E-state index contributed by atoms with van der Waals surface area (Å²) in [5, 5.41) is 5.83. The molecule has 7 heteroatoms. The lowest BCUT2D eigenvalue weighted by molar-refractivity contribution is -0.0817. The number of guanidine groups is 1. The van der Waals surface area contributed by atoms with Crippen molar-refractivity contribution in [3.8, 4) is 0 Å². The summed E-state index contributed by atoms with van der Waals surface area (Å²) in [6.07, 6.45) is 5.28. The molecule has 1 aromatic heterocycles. The molecule has 0 amide bonds. The van der Waals surface area contributed by atoms with Gasteiger partial charge in [0.2, 0.25) is 0 Å². The van der Waals surface area contributed by atoms with Gasteiger partial charge in [0, 0.05) is 51.3 Å². The lowest BCUT2D eigenvalue weighted by atomic mass is 9.98. The van der Waals surface area contributed by atoms with E-state index < -0.39 is 0 Å². The molecule has 1 aromatic rings. The van der Waals surface area contributed by atoms with Crippen LogP contribution in [-0.2, 0) is 16.0 Å². The fourth-order valence-electron chi connectivity index (χ4n) is 4.64. The summed E-state index contributed by atoms with van der Waals surface area (Å²) in [6, 6.07) is 4.40. The van der Waals surface area contributed by atoms with Gasteiger partial charge in [0.15, 0.2) is 5.96 Å². The molecule has 4 rings (SSSR count). The zero-order valence-corrected chi connectivity index (χ0v) is 17.8. The average Bonchev–Trinajstić information content (AvgIpc) is 3.43. The Bertz CT molecular complexity index is 618. The second-order valence-corrected chi connectivity index (χ2v) is 9.19. The summed E-state index contributed by atoms with van der Waals surface area (Å²) >= 11 is 1.86. The van der Waals surface area contributed by atoms with Crippen LogP contribution in [-0.4, -0.2) is 81.0 Å². The van der Waals surface area contributed by atoms with Crippen molar-refractivity contribution in [2.24, 2.45) is 10.9 Å². The SMILES string of the molecule is CN=C(NCC1CCCN(Cc2cccs2)C1)N1CCOC(C2CCCO2)C1. The first-order valence-electron chi connectivity index (χ1n) is 10.8. The molecule has 0 aliphatic carbocycles. The molecule has 0 spiro atoms. The van der Waals surface area contributed by atoms with E-state index in [0.717, 1.165) is 58.2 Å². The number of piperidine rings is 1. The predicted octanol–water partition coefficient (Wildman–Crippen LogP) is 2.42. The summed E-state index contributed by atoms with van der Waals surface area (Å²) in [4.78, 5) is 11.0. The van der Waals surface area contributed by atoms with Crippen LogP contribution >= 0.6 is 11.3 Å². The normalized spacial score (nSPS) is 30.0. The highest BCUT2D eigenvalue weighted by atomic mass is 32.1. The van der Waals surface area contributed by atoms with Gasteiger partial charge in [0.05, 0.1) is 12.7 Å². The van der Waals surface area contributed by atoms with Crippen molar-refractivity contribution >= 4 is 17.3 Å². The van der Waals surface area contributed by atoms with Crippen LogP contribution in [0.5, 0.6) is 0 Å². The zero-order valence-electron chi connectivity index (χ0n) is 17.0. The van der Waals surface area contributed by atoms with Gasteiger partial charge in [-0.05, 0) is 49.6 Å². The van der Waals surface area contributed by atoms with E-state index in [9.17, 15) is 0 Å². The first-order chi connectivity index (χ1) is 13.8. The summed E-state index contributed by atoms with van der Waals surface area (Å²) in [7, 11) is 1.89. The van der Waals surface area contributed by atoms with Crippen molar-refractivity contribution in [2.45, 2.75) is 44.4 Å². The first kappa shape index (κ1) is 20.1. The van der Waals surface area contributed by atoms with Crippen molar-refractivity contribution in [3.63, 3.8) is 0 Å². The highest BCUT2D eigenvalue weighted by Gasteiger charge is 2.32. The lowest BCUT2D eigenvalue weighted by Gasteiger charge is -2.38. The molecule has 0 bridgehead atoms. The van der Waals surface area contributed by atoms with Gasteiger partial charge in [0.1, 0.15) is 6.10 Å². The molecule has 1 N–H and O–H groups in total. The summed E-state index contributed by atoms with van der Waals surface area (Å²) in [6.45, 7) is 7.88. The van der Waals surface area contributed by atoms with E-state index in [1.54, 1.807) is 0 Å². The maximum atomic E-state index is 5.99. The van der Waals surface area contributed by atoms with E-state index in [4.69, 9.17) is 9.47 Å². The average molecular weight is 407 g/mol. The fraction of sp³-hybridized carbons (Fsp3) is 0.762. The van der Waals surface area contributed by atoms with Gasteiger partial charge in [-0.3, -0.25) is 9.89 Å². The zero-order chi connectivity index (χ0) is 19.2. The Labute approximate surface area is 172 Å². The molecule has 156 valence electrons. The van der Waals surface area contributed by atoms with Crippen molar-refractivity contribution in [3.05, 3.63) is 22.4 Å². The molecule has 4 heterocycles. The Morgan fingerprint density at radius 2 is 2.11 bits per heavy atom. The number of hydrogen-bond acceptors (Lipinski definition) is 5. The van der Waals surface area contributed by atoms with Crippen molar-refractivity contribution in [1.82, 2.24) is 15.1 Å². The van der Waals surface area contributed by atoms with E-state index in [2.05, 4.69) is 37.6 Å². The third-order valence-corrected chi connectivity index (χ3v) is 6.96. The van der Waals surface area contributed by atoms with Crippen LogP contribution in [0, 0.1) is 5.92 Å². The minimum atomic E-state index is 0.172. The van der Waals surface area contributed by atoms with Gasteiger partial charge >= 0.3 is 0 Å². The number of nitrogens with one attached hydrogen (secondary N) is 1. The molecule has 3 atom stereocenters. The van der Waals surface area contributed by atoms with Gasteiger partial charge in [-0.15, -0.1) is 11.3 Å². The maximum absolute atomic E-state index is 5.99. The number of nitrogens with zero attached hydrogens (tertiary/aromatic N) is 3. The number of aliphatic imine (C=N–C) groups is 1. The molecule has 3 fully saturated rings. The van der Waals surface area contributed by atoms with E-state index >= 15 is 0 Å². The molecule has 6 nitrogen and oxygen atoms in total. The second-order valence-electron chi connectivity index (χ2n) is 8.16. The number of thiophene rings is 1.